The molecule has 0 bridgehead atoms. The Morgan fingerprint density at radius 3 is 1.15 bits per heavy atom. The molecule has 0 unspecified atom stereocenters. The summed E-state index contributed by atoms with van der Waals surface area (Å²) in [6.45, 7) is 13.3. The summed E-state index contributed by atoms with van der Waals surface area (Å²) in [6, 6.07) is 0. The van der Waals surface area contributed by atoms with Crippen molar-refractivity contribution in [2.24, 2.45) is 92.7 Å². The molecular formula is C50H82F6O6. The average molecular weight is 893 g/mol. The largest absolute Gasteiger partial charge is 0.414 e. The molecular weight excluding hydrogens is 811 g/mol. The van der Waals surface area contributed by atoms with Crippen LogP contribution in [0, 0.1) is 92.7 Å². The number of aliphatic hydroxyl groups is 4. The average Bonchev–Trinajstić information content (AvgIpc) is 3.74. The van der Waals surface area contributed by atoms with E-state index < -0.39 is 47.6 Å². The van der Waals surface area contributed by atoms with Crippen molar-refractivity contribution in [2.45, 2.75) is 193 Å². The van der Waals surface area contributed by atoms with Crippen LogP contribution in [0.5, 0.6) is 0 Å². The highest BCUT2D eigenvalue weighted by molar-refractivity contribution is 5.13. The van der Waals surface area contributed by atoms with Crippen LogP contribution in [0.4, 0.5) is 26.3 Å². The maximum Gasteiger partial charge on any atom is 0.414 e. The fourth-order valence-electron chi connectivity index (χ4n) is 18.3. The van der Waals surface area contributed by atoms with Gasteiger partial charge in [-0.05, 0) is 208 Å². The molecule has 20 atom stereocenters. The van der Waals surface area contributed by atoms with Gasteiger partial charge < -0.3 is 29.9 Å². The molecule has 0 spiro atoms. The van der Waals surface area contributed by atoms with E-state index in [4.69, 9.17) is 9.47 Å². The molecule has 0 saturated heterocycles. The SMILES string of the molecule is COC[C@]1(O)CC[C@@]2(C)[C@H](CC[C@@H]3[C@@H]2CC[C@]2(C)[C@@H]([C@H](C)[C@@H](O)C(F)(F)F)CC[C@@H]32)C1.COC[C@]1(O)CC[C@@]2(C)[C@H](CC[C@@H]3[C@@H]2CC[C@]2(C)[C@@H]([C@H](C)[C@H](O)C(F)(F)F)CC[C@@H]32)C1. The fourth-order valence-corrected chi connectivity index (χ4v) is 18.3. The maximum absolute atomic E-state index is 13.2. The van der Waals surface area contributed by atoms with Gasteiger partial charge in [0.2, 0.25) is 0 Å². The van der Waals surface area contributed by atoms with E-state index >= 15 is 0 Å². The van der Waals surface area contributed by atoms with Crippen LogP contribution in [-0.2, 0) is 9.47 Å². The van der Waals surface area contributed by atoms with Crippen LogP contribution >= 0.6 is 0 Å². The molecule has 6 nitrogen and oxygen atoms in total. The number of hydrogen-bond donors (Lipinski definition) is 4. The Labute approximate surface area is 368 Å². The van der Waals surface area contributed by atoms with Crippen LogP contribution in [0.25, 0.3) is 0 Å². The van der Waals surface area contributed by atoms with Crippen LogP contribution in [-0.4, -0.2) is 83.6 Å². The summed E-state index contributed by atoms with van der Waals surface area (Å²) in [7, 11) is 3.30. The van der Waals surface area contributed by atoms with Crippen molar-refractivity contribution in [3.05, 3.63) is 0 Å². The molecule has 8 aliphatic rings. The molecule has 8 saturated carbocycles. The number of halogens is 6. The van der Waals surface area contributed by atoms with E-state index in [0.29, 0.717) is 60.6 Å². The van der Waals surface area contributed by atoms with Crippen LogP contribution in [0.3, 0.4) is 0 Å². The van der Waals surface area contributed by atoms with Gasteiger partial charge in [-0.2, -0.15) is 26.3 Å². The summed E-state index contributed by atoms with van der Waals surface area (Å²) in [5.74, 6) is 2.57. The van der Waals surface area contributed by atoms with Crippen molar-refractivity contribution in [3.63, 3.8) is 0 Å². The molecule has 8 fully saturated rings. The topological polar surface area (TPSA) is 99.4 Å². The Bertz CT molecular complexity index is 1450. The van der Waals surface area contributed by atoms with Crippen LogP contribution in [0.1, 0.15) is 157 Å². The zero-order valence-corrected chi connectivity index (χ0v) is 39.1. The molecule has 12 heteroatoms. The van der Waals surface area contributed by atoms with Crippen LogP contribution < -0.4 is 0 Å². The molecule has 0 aliphatic heterocycles. The van der Waals surface area contributed by atoms with E-state index in [9.17, 15) is 46.8 Å². The maximum atomic E-state index is 13.2. The van der Waals surface area contributed by atoms with Crippen molar-refractivity contribution in [1.29, 1.82) is 0 Å². The normalized spacial score (nSPS) is 49.6. The third kappa shape index (κ3) is 8.37. The second-order valence-corrected chi connectivity index (χ2v) is 24.2. The summed E-state index contributed by atoms with van der Waals surface area (Å²) in [4.78, 5) is 0. The molecule has 0 aromatic rings. The second-order valence-electron chi connectivity index (χ2n) is 24.2. The minimum atomic E-state index is -4.54. The van der Waals surface area contributed by atoms with Gasteiger partial charge in [0.25, 0.3) is 0 Å². The summed E-state index contributed by atoms with van der Waals surface area (Å²) < 4.78 is 90.1. The highest BCUT2D eigenvalue weighted by Crippen LogP contribution is 2.71. The number of ether oxygens (including phenoxy) is 2. The van der Waals surface area contributed by atoms with Gasteiger partial charge in [0.15, 0.2) is 12.2 Å². The van der Waals surface area contributed by atoms with Crippen LogP contribution in [0.2, 0.25) is 0 Å². The Morgan fingerprint density at radius 2 is 0.823 bits per heavy atom. The van der Waals surface area contributed by atoms with Gasteiger partial charge in [-0.25, -0.2) is 0 Å². The monoisotopic (exact) mass is 893 g/mol. The van der Waals surface area contributed by atoms with Gasteiger partial charge in [0, 0.05) is 14.2 Å². The Hall–Kier alpha value is -0.660. The molecule has 360 valence electrons. The molecule has 0 aromatic heterocycles. The van der Waals surface area contributed by atoms with Crippen LogP contribution in [0.15, 0.2) is 0 Å². The van der Waals surface area contributed by atoms with Crippen molar-refractivity contribution in [1.82, 2.24) is 0 Å². The first-order chi connectivity index (χ1) is 28.7. The third-order valence-electron chi connectivity index (χ3n) is 21.6. The Morgan fingerprint density at radius 1 is 0.484 bits per heavy atom. The first-order valence-corrected chi connectivity index (χ1v) is 24.6. The number of fused-ring (bicyclic) bond motifs is 10. The van der Waals surface area contributed by atoms with Gasteiger partial charge in [0.1, 0.15) is 0 Å². The lowest BCUT2D eigenvalue weighted by Crippen LogP contribution is -2.57. The van der Waals surface area contributed by atoms with Crippen molar-refractivity contribution >= 4 is 0 Å². The van der Waals surface area contributed by atoms with E-state index in [2.05, 4.69) is 27.7 Å². The van der Waals surface area contributed by atoms with Gasteiger partial charge in [-0.3, -0.25) is 0 Å². The zero-order chi connectivity index (χ0) is 45.6. The molecule has 0 aromatic carbocycles. The van der Waals surface area contributed by atoms with E-state index in [1.807, 2.05) is 0 Å². The van der Waals surface area contributed by atoms with Gasteiger partial charge in [-0.15, -0.1) is 0 Å². The highest BCUT2D eigenvalue weighted by atomic mass is 19.4. The zero-order valence-electron chi connectivity index (χ0n) is 39.1. The molecule has 62 heavy (non-hydrogen) atoms. The van der Waals surface area contributed by atoms with Gasteiger partial charge >= 0.3 is 12.4 Å². The van der Waals surface area contributed by atoms with E-state index in [1.165, 1.54) is 0 Å². The molecule has 0 radical (unpaired) electrons. The molecule has 0 amide bonds. The minimum Gasteiger partial charge on any atom is -0.387 e. The highest BCUT2D eigenvalue weighted by Gasteiger charge is 2.65. The lowest BCUT2D eigenvalue weighted by Gasteiger charge is -2.62. The lowest BCUT2D eigenvalue weighted by molar-refractivity contribution is -0.228. The Kier molecular flexibility index (Phi) is 13.6. The predicted molar refractivity (Wildman–Crippen MR) is 227 cm³/mol. The number of alkyl halides is 6. The fraction of sp³-hybridized carbons (Fsp3) is 1.00. The molecule has 8 rings (SSSR count). The second kappa shape index (κ2) is 17.1. The third-order valence-corrected chi connectivity index (χ3v) is 21.6. The van der Waals surface area contributed by atoms with Crippen molar-refractivity contribution in [2.75, 3.05) is 27.4 Å². The minimum absolute atomic E-state index is 0.0706. The number of methoxy groups -OCH3 is 2. The van der Waals surface area contributed by atoms with Crippen molar-refractivity contribution < 1.29 is 56.2 Å². The molecule has 4 N–H and O–H groups in total. The smallest absolute Gasteiger partial charge is 0.387 e. The quantitative estimate of drug-likeness (QED) is 0.181. The summed E-state index contributed by atoms with van der Waals surface area (Å²) in [5.41, 5.74) is -1.23. The van der Waals surface area contributed by atoms with Gasteiger partial charge in [-0.1, -0.05) is 41.5 Å². The predicted octanol–water partition coefficient (Wildman–Crippen LogP) is 11.2. The number of aliphatic hydroxyl groups excluding tert-OH is 2. The summed E-state index contributed by atoms with van der Waals surface area (Å²) in [6.07, 6.45) is 3.72. The van der Waals surface area contributed by atoms with E-state index in [1.54, 1.807) is 28.1 Å². The van der Waals surface area contributed by atoms with E-state index in [0.717, 1.165) is 116 Å². The standard InChI is InChI=1S/2C25H41F3O3/c2*1-15(21(29)25(26,27)28)18-7-8-19-17-6-5-16-13-24(30,14-31-4)12-11-22(16,2)20(17)9-10-23(18,19)3/h2*15-21,29-30H,5-14H2,1-4H3/t15-,16+,17-,18+,19-,20-,21+,22-,23+,24-;15-,16+,17-,18+,19-,20-,21-,22-,23+,24-/m00/s1. The summed E-state index contributed by atoms with van der Waals surface area (Å²) >= 11 is 0. The lowest BCUT2D eigenvalue weighted by atomic mass is 9.43. The summed E-state index contributed by atoms with van der Waals surface area (Å²) in [5, 5.41) is 41.9. The first kappa shape index (κ1) is 49.3. The Balaban J connectivity index is 0.000000186. The van der Waals surface area contributed by atoms with Crippen molar-refractivity contribution in [3.8, 4) is 0 Å². The molecule has 0 heterocycles. The first-order valence-electron chi connectivity index (χ1n) is 24.6. The van der Waals surface area contributed by atoms with Gasteiger partial charge in [0.05, 0.1) is 24.4 Å². The number of rotatable bonds is 8. The van der Waals surface area contributed by atoms with E-state index in [-0.39, 0.29) is 33.5 Å². The molecule has 8 aliphatic carbocycles. The number of hydrogen-bond acceptors (Lipinski definition) is 6.